The summed E-state index contributed by atoms with van der Waals surface area (Å²) in [7, 11) is 0. The third kappa shape index (κ3) is 4.93. The van der Waals surface area contributed by atoms with Gasteiger partial charge in [0, 0.05) is 19.0 Å². The van der Waals surface area contributed by atoms with E-state index in [0.717, 1.165) is 18.8 Å². The van der Waals surface area contributed by atoms with Crippen LogP contribution in [-0.2, 0) is 6.42 Å². The zero-order chi connectivity index (χ0) is 10.9. The molecule has 0 aromatic carbocycles. The van der Waals surface area contributed by atoms with Crippen molar-refractivity contribution in [1.29, 1.82) is 0 Å². The Morgan fingerprint density at radius 3 is 2.93 bits per heavy atom. The molecular formula is C11H22N4. The maximum Gasteiger partial charge on any atom is 0.137 e. The Hall–Kier alpha value is -0.900. The number of hydrogen-bond acceptors (Lipinski definition) is 3. The van der Waals surface area contributed by atoms with E-state index in [-0.39, 0.29) is 0 Å². The maximum atomic E-state index is 4.09. The first-order valence-corrected chi connectivity index (χ1v) is 5.94. The fourth-order valence-corrected chi connectivity index (χ4v) is 1.65. The zero-order valence-electron chi connectivity index (χ0n) is 9.79. The summed E-state index contributed by atoms with van der Waals surface area (Å²) in [5.74, 6) is 0.966. The quantitative estimate of drug-likeness (QED) is 0.689. The summed E-state index contributed by atoms with van der Waals surface area (Å²) < 4.78 is 0. The Morgan fingerprint density at radius 1 is 1.47 bits per heavy atom. The first-order chi connectivity index (χ1) is 7.36. The van der Waals surface area contributed by atoms with Gasteiger partial charge in [-0.05, 0) is 12.8 Å². The number of aromatic nitrogens is 3. The lowest BCUT2D eigenvalue weighted by atomic mass is 10.1. The smallest absolute Gasteiger partial charge is 0.137 e. The van der Waals surface area contributed by atoms with E-state index in [1.165, 1.54) is 25.7 Å². The molecule has 0 saturated carbocycles. The van der Waals surface area contributed by atoms with Gasteiger partial charge < -0.3 is 5.32 Å². The summed E-state index contributed by atoms with van der Waals surface area (Å²) in [5.41, 5.74) is 0. The SMILES string of the molecule is CCCCC(CC)NCCc1ncn[nH]1. The van der Waals surface area contributed by atoms with Crippen LogP contribution in [0.25, 0.3) is 0 Å². The summed E-state index contributed by atoms with van der Waals surface area (Å²) in [6, 6.07) is 0.660. The van der Waals surface area contributed by atoms with Crippen LogP contribution in [0.5, 0.6) is 0 Å². The van der Waals surface area contributed by atoms with Gasteiger partial charge >= 0.3 is 0 Å². The summed E-state index contributed by atoms with van der Waals surface area (Å²) in [6.45, 7) is 5.46. The van der Waals surface area contributed by atoms with Gasteiger partial charge in [0.2, 0.25) is 0 Å². The number of hydrogen-bond donors (Lipinski definition) is 2. The van der Waals surface area contributed by atoms with E-state index in [1.807, 2.05) is 0 Å². The molecule has 0 radical (unpaired) electrons. The van der Waals surface area contributed by atoms with Gasteiger partial charge in [-0.3, -0.25) is 5.10 Å². The highest BCUT2D eigenvalue weighted by molar-refractivity contribution is 4.81. The van der Waals surface area contributed by atoms with E-state index in [9.17, 15) is 0 Å². The molecule has 86 valence electrons. The highest BCUT2D eigenvalue weighted by atomic mass is 15.2. The largest absolute Gasteiger partial charge is 0.314 e. The van der Waals surface area contributed by atoms with Crippen molar-refractivity contribution in [2.45, 2.75) is 52.0 Å². The molecule has 0 aliphatic carbocycles. The number of H-pyrrole nitrogens is 1. The molecule has 1 unspecified atom stereocenters. The minimum Gasteiger partial charge on any atom is -0.314 e. The van der Waals surface area contributed by atoms with Crippen molar-refractivity contribution in [2.75, 3.05) is 6.54 Å². The lowest BCUT2D eigenvalue weighted by Gasteiger charge is -2.15. The van der Waals surface area contributed by atoms with E-state index in [0.29, 0.717) is 6.04 Å². The van der Waals surface area contributed by atoms with Crippen molar-refractivity contribution in [1.82, 2.24) is 20.5 Å². The van der Waals surface area contributed by atoms with E-state index >= 15 is 0 Å². The first-order valence-electron chi connectivity index (χ1n) is 5.94. The predicted molar refractivity (Wildman–Crippen MR) is 61.7 cm³/mol. The van der Waals surface area contributed by atoms with Gasteiger partial charge in [-0.25, -0.2) is 4.98 Å². The highest BCUT2D eigenvalue weighted by Crippen LogP contribution is 2.03. The zero-order valence-corrected chi connectivity index (χ0v) is 9.79. The average molecular weight is 210 g/mol. The molecule has 4 nitrogen and oxygen atoms in total. The number of unbranched alkanes of at least 4 members (excludes halogenated alkanes) is 1. The van der Waals surface area contributed by atoms with Crippen LogP contribution in [-0.4, -0.2) is 27.8 Å². The van der Waals surface area contributed by atoms with Crippen molar-refractivity contribution >= 4 is 0 Å². The molecule has 1 atom stereocenters. The van der Waals surface area contributed by atoms with Crippen molar-refractivity contribution in [3.63, 3.8) is 0 Å². The van der Waals surface area contributed by atoms with Crippen LogP contribution in [0.15, 0.2) is 6.33 Å². The van der Waals surface area contributed by atoms with Crippen LogP contribution < -0.4 is 5.32 Å². The predicted octanol–water partition coefficient (Wildman–Crippen LogP) is 1.91. The molecular weight excluding hydrogens is 188 g/mol. The second-order valence-electron chi connectivity index (χ2n) is 3.88. The second-order valence-corrected chi connectivity index (χ2v) is 3.88. The van der Waals surface area contributed by atoms with Gasteiger partial charge in [-0.2, -0.15) is 5.10 Å². The summed E-state index contributed by atoms with van der Waals surface area (Å²) in [5, 5.41) is 10.3. The average Bonchev–Trinajstić information content (AvgIpc) is 2.76. The Balaban J connectivity index is 2.11. The minimum absolute atomic E-state index is 0.660. The molecule has 0 amide bonds. The van der Waals surface area contributed by atoms with Gasteiger partial charge in [-0.1, -0.05) is 26.7 Å². The molecule has 1 heterocycles. The molecule has 0 aliphatic rings. The first kappa shape index (κ1) is 12.2. The summed E-state index contributed by atoms with van der Waals surface area (Å²) >= 11 is 0. The topological polar surface area (TPSA) is 53.6 Å². The fraction of sp³-hybridized carbons (Fsp3) is 0.818. The van der Waals surface area contributed by atoms with E-state index in [2.05, 4.69) is 34.3 Å². The van der Waals surface area contributed by atoms with Gasteiger partial charge in [0.1, 0.15) is 12.2 Å². The van der Waals surface area contributed by atoms with Crippen molar-refractivity contribution < 1.29 is 0 Å². The van der Waals surface area contributed by atoms with Crippen LogP contribution >= 0.6 is 0 Å². The Morgan fingerprint density at radius 2 is 2.33 bits per heavy atom. The number of nitrogens with one attached hydrogen (secondary N) is 2. The summed E-state index contributed by atoms with van der Waals surface area (Å²) in [6.07, 6.45) is 7.57. The molecule has 0 bridgehead atoms. The number of rotatable bonds is 8. The highest BCUT2D eigenvalue weighted by Gasteiger charge is 2.04. The third-order valence-corrected chi connectivity index (χ3v) is 2.66. The monoisotopic (exact) mass is 210 g/mol. The summed E-state index contributed by atoms with van der Waals surface area (Å²) in [4.78, 5) is 4.09. The molecule has 1 rings (SSSR count). The van der Waals surface area contributed by atoms with E-state index in [4.69, 9.17) is 0 Å². The van der Waals surface area contributed by atoms with Crippen molar-refractivity contribution in [2.24, 2.45) is 0 Å². The van der Waals surface area contributed by atoms with E-state index in [1.54, 1.807) is 6.33 Å². The lowest BCUT2D eigenvalue weighted by Crippen LogP contribution is -2.30. The molecule has 0 spiro atoms. The maximum absolute atomic E-state index is 4.09. The normalized spacial score (nSPS) is 12.9. The third-order valence-electron chi connectivity index (χ3n) is 2.66. The molecule has 2 N–H and O–H groups in total. The van der Waals surface area contributed by atoms with E-state index < -0.39 is 0 Å². The van der Waals surface area contributed by atoms with Crippen molar-refractivity contribution in [3.05, 3.63) is 12.2 Å². The van der Waals surface area contributed by atoms with Gasteiger partial charge in [-0.15, -0.1) is 0 Å². The molecule has 15 heavy (non-hydrogen) atoms. The molecule has 4 heteroatoms. The fourth-order valence-electron chi connectivity index (χ4n) is 1.65. The number of nitrogens with zero attached hydrogens (tertiary/aromatic N) is 2. The second kappa shape index (κ2) is 7.40. The Kier molecular flexibility index (Phi) is 6.00. The van der Waals surface area contributed by atoms with Crippen LogP contribution in [0, 0.1) is 0 Å². The number of aromatic amines is 1. The molecule has 0 aliphatic heterocycles. The molecule has 1 aromatic rings. The Bertz CT molecular complexity index is 233. The standard InChI is InChI=1S/C11H22N4/c1-3-5-6-10(4-2)12-8-7-11-13-9-14-15-11/h9-10,12H,3-8H2,1-2H3,(H,13,14,15). The van der Waals surface area contributed by atoms with Crippen LogP contribution in [0.2, 0.25) is 0 Å². The molecule has 1 aromatic heterocycles. The van der Waals surface area contributed by atoms with Gasteiger partial charge in [0.05, 0.1) is 0 Å². The van der Waals surface area contributed by atoms with Gasteiger partial charge in [0.15, 0.2) is 0 Å². The lowest BCUT2D eigenvalue weighted by molar-refractivity contribution is 0.454. The van der Waals surface area contributed by atoms with Gasteiger partial charge in [0.25, 0.3) is 0 Å². The van der Waals surface area contributed by atoms with Crippen molar-refractivity contribution in [3.8, 4) is 0 Å². The Labute approximate surface area is 91.9 Å². The van der Waals surface area contributed by atoms with Crippen LogP contribution in [0.1, 0.15) is 45.4 Å². The van der Waals surface area contributed by atoms with Crippen LogP contribution in [0.3, 0.4) is 0 Å². The van der Waals surface area contributed by atoms with Crippen LogP contribution in [0.4, 0.5) is 0 Å². The molecule has 0 fully saturated rings. The molecule has 0 saturated heterocycles. The minimum atomic E-state index is 0.660.